The lowest BCUT2D eigenvalue weighted by molar-refractivity contribution is -0.00548. The van der Waals surface area contributed by atoms with Crippen molar-refractivity contribution in [3.8, 4) is 0 Å². The number of hydrogen-bond donors (Lipinski definition) is 0. The minimum absolute atomic E-state index is 0.255. The Morgan fingerprint density at radius 3 is 2.29 bits per heavy atom. The molecule has 0 unspecified atom stereocenters. The average Bonchev–Trinajstić information content (AvgIpc) is 2.28. The standard InChI is InChI=1S/C13H21N3O/c1-9(2)12-5-15-13(6-14-12)16-7-10(3)17-11(4)8-16/h5-6,9-11H,7-8H2,1-4H3/t10-,11+. The van der Waals surface area contributed by atoms with Crippen LogP contribution in [0, 0.1) is 0 Å². The van der Waals surface area contributed by atoms with Gasteiger partial charge in [0, 0.05) is 13.1 Å². The Hall–Kier alpha value is -1.16. The third kappa shape index (κ3) is 2.94. The van der Waals surface area contributed by atoms with Crippen molar-refractivity contribution in [2.45, 2.75) is 45.8 Å². The summed E-state index contributed by atoms with van der Waals surface area (Å²) < 4.78 is 5.71. The van der Waals surface area contributed by atoms with Crippen molar-refractivity contribution in [1.82, 2.24) is 9.97 Å². The van der Waals surface area contributed by atoms with Crippen molar-refractivity contribution >= 4 is 5.82 Å². The fourth-order valence-corrected chi connectivity index (χ4v) is 2.16. The van der Waals surface area contributed by atoms with Crippen LogP contribution in [0.4, 0.5) is 5.82 Å². The zero-order valence-corrected chi connectivity index (χ0v) is 11.1. The second-order valence-electron chi connectivity index (χ2n) is 5.12. The average molecular weight is 235 g/mol. The maximum absolute atomic E-state index is 5.71. The number of morpholine rings is 1. The van der Waals surface area contributed by atoms with Crippen LogP contribution in [0.2, 0.25) is 0 Å². The maximum Gasteiger partial charge on any atom is 0.147 e. The predicted molar refractivity (Wildman–Crippen MR) is 68.3 cm³/mol. The SMILES string of the molecule is CC(C)c1cnc(N2C[C@@H](C)O[C@@H](C)C2)cn1. The maximum atomic E-state index is 5.71. The van der Waals surface area contributed by atoms with Gasteiger partial charge in [0.05, 0.1) is 30.3 Å². The highest BCUT2D eigenvalue weighted by Crippen LogP contribution is 2.18. The largest absolute Gasteiger partial charge is 0.372 e. The molecule has 4 nitrogen and oxygen atoms in total. The minimum Gasteiger partial charge on any atom is -0.372 e. The van der Waals surface area contributed by atoms with Crippen LogP contribution in [-0.4, -0.2) is 35.3 Å². The normalized spacial score (nSPS) is 25.4. The highest BCUT2D eigenvalue weighted by Gasteiger charge is 2.23. The molecule has 1 aromatic rings. The van der Waals surface area contributed by atoms with Crippen molar-refractivity contribution < 1.29 is 4.74 Å². The van der Waals surface area contributed by atoms with Crippen LogP contribution in [0.5, 0.6) is 0 Å². The summed E-state index contributed by atoms with van der Waals surface area (Å²) in [6.45, 7) is 10.2. The smallest absolute Gasteiger partial charge is 0.147 e. The molecule has 0 spiro atoms. The lowest BCUT2D eigenvalue weighted by atomic mass is 10.1. The van der Waals surface area contributed by atoms with E-state index < -0.39 is 0 Å². The second kappa shape index (κ2) is 5.00. The van der Waals surface area contributed by atoms with Crippen LogP contribution < -0.4 is 4.90 Å². The molecule has 0 bridgehead atoms. The van der Waals surface area contributed by atoms with E-state index in [2.05, 4.69) is 42.6 Å². The highest BCUT2D eigenvalue weighted by atomic mass is 16.5. The van der Waals surface area contributed by atoms with Gasteiger partial charge in [0.25, 0.3) is 0 Å². The first-order valence-electron chi connectivity index (χ1n) is 6.28. The van der Waals surface area contributed by atoms with Crippen molar-refractivity contribution in [2.24, 2.45) is 0 Å². The van der Waals surface area contributed by atoms with E-state index >= 15 is 0 Å². The Morgan fingerprint density at radius 1 is 1.18 bits per heavy atom. The van der Waals surface area contributed by atoms with Gasteiger partial charge < -0.3 is 9.64 Å². The summed E-state index contributed by atoms with van der Waals surface area (Å²) in [5, 5.41) is 0. The lowest BCUT2D eigenvalue weighted by Crippen LogP contribution is -2.45. The van der Waals surface area contributed by atoms with Crippen molar-refractivity contribution in [1.29, 1.82) is 0 Å². The van der Waals surface area contributed by atoms with E-state index in [0.29, 0.717) is 5.92 Å². The second-order valence-corrected chi connectivity index (χ2v) is 5.12. The van der Waals surface area contributed by atoms with Crippen molar-refractivity contribution in [2.75, 3.05) is 18.0 Å². The summed E-state index contributed by atoms with van der Waals surface area (Å²) in [5.41, 5.74) is 1.04. The fraction of sp³-hybridized carbons (Fsp3) is 0.692. The Balaban J connectivity index is 2.11. The topological polar surface area (TPSA) is 38.2 Å². The van der Waals surface area contributed by atoms with Gasteiger partial charge in [-0.15, -0.1) is 0 Å². The van der Waals surface area contributed by atoms with E-state index in [-0.39, 0.29) is 12.2 Å². The molecule has 17 heavy (non-hydrogen) atoms. The van der Waals surface area contributed by atoms with E-state index in [4.69, 9.17) is 4.74 Å². The highest BCUT2D eigenvalue weighted by molar-refractivity contribution is 5.37. The fourth-order valence-electron chi connectivity index (χ4n) is 2.16. The molecule has 0 aromatic carbocycles. The van der Waals surface area contributed by atoms with Crippen molar-refractivity contribution in [3.05, 3.63) is 18.1 Å². The predicted octanol–water partition coefficient (Wildman–Crippen LogP) is 2.21. The first-order chi connectivity index (χ1) is 8.06. The molecular weight excluding hydrogens is 214 g/mol. The zero-order chi connectivity index (χ0) is 12.4. The summed E-state index contributed by atoms with van der Waals surface area (Å²) in [6.07, 6.45) is 4.26. The molecule has 0 N–H and O–H groups in total. The lowest BCUT2D eigenvalue weighted by Gasteiger charge is -2.35. The van der Waals surface area contributed by atoms with Gasteiger partial charge in [-0.1, -0.05) is 13.8 Å². The number of ether oxygens (including phenoxy) is 1. The molecule has 1 saturated heterocycles. The van der Waals surface area contributed by atoms with Crippen molar-refractivity contribution in [3.63, 3.8) is 0 Å². The molecule has 1 aromatic heterocycles. The van der Waals surface area contributed by atoms with Crippen LogP contribution in [-0.2, 0) is 4.74 Å². The van der Waals surface area contributed by atoms with E-state index in [1.165, 1.54) is 0 Å². The van der Waals surface area contributed by atoms with E-state index in [9.17, 15) is 0 Å². The molecule has 2 heterocycles. The Labute approximate surface area is 103 Å². The third-order valence-electron chi connectivity index (χ3n) is 2.99. The van der Waals surface area contributed by atoms with Gasteiger partial charge in [0.15, 0.2) is 0 Å². The summed E-state index contributed by atoms with van der Waals surface area (Å²) in [4.78, 5) is 11.2. The summed E-state index contributed by atoms with van der Waals surface area (Å²) in [6, 6.07) is 0. The number of anilines is 1. The molecule has 1 fully saturated rings. The number of nitrogens with zero attached hydrogens (tertiary/aromatic N) is 3. The van der Waals surface area contributed by atoms with Gasteiger partial charge in [-0.2, -0.15) is 0 Å². The van der Waals surface area contributed by atoms with Gasteiger partial charge in [-0.25, -0.2) is 4.98 Å². The molecule has 1 aliphatic heterocycles. The van der Waals surface area contributed by atoms with Crippen LogP contribution in [0.25, 0.3) is 0 Å². The van der Waals surface area contributed by atoms with Crippen LogP contribution in [0.15, 0.2) is 12.4 Å². The summed E-state index contributed by atoms with van der Waals surface area (Å²) in [7, 11) is 0. The van der Waals surface area contributed by atoms with E-state index in [1.807, 2.05) is 12.4 Å². The van der Waals surface area contributed by atoms with Gasteiger partial charge in [-0.3, -0.25) is 4.98 Å². The monoisotopic (exact) mass is 235 g/mol. The molecule has 0 saturated carbocycles. The molecule has 2 rings (SSSR count). The Kier molecular flexibility index (Phi) is 3.62. The third-order valence-corrected chi connectivity index (χ3v) is 2.99. The number of aromatic nitrogens is 2. The molecule has 0 radical (unpaired) electrons. The first-order valence-corrected chi connectivity index (χ1v) is 6.28. The molecule has 0 aliphatic carbocycles. The Morgan fingerprint density at radius 2 is 1.82 bits per heavy atom. The zero-order valence-electron chi connectivity index (χ0n) is 11.1. The molecule has 94 valence electrons. The molecule has 2 atom stereocenters. The number of hydrogen-bond acceptors (Lipinski definition) is 4. The number of rotatable bonds is 2. The van der Waals surface area contributed by atoms with Crippen LogP contribution in [0.3, 0.4) is 0 Å². The quantitative estimate of drug-likeness (QED) is 0.787. The van der Waals surface area contributed by atoms with Gasteiger partial charge in [0.1, 0.15) is 5.82 Å². The Bertz CT molecular complexity index is 353. The summed E-state index contributed by atoms with van der Waals surface area (Å²) in [5.74, 6) is 1.38. The van der Waals surface area contributed by atoms with E-state index in [0.717, 1.165) is 24.6 Å². The van der Waals surface area contributed by atoms with Gasteiger partial charge in [-0.05, 0) is 19.8 Å². The molecule has 0 amide bonds. The molecule has 1 aliphatic rings. The van der Waals surface area contributed by atoms with Crippen LogP contribution >= 0.6 is 0 Å². The first kappa shape index (κ1) is 12.3. The van der Waals surface area contributed by atoms with Gasteiger partial charge in [0.2, 0.25) is 0 Å². The van der Waals surface area contributed by atoms with E-state index in [1.54, 1.807) is 0 Å². The van der Waals surface area contributed by atoms with Gasteiger partial charge >= 0.3 is 0 Å². The van der Waals surface area contributed by atoms with Crippen LogP contribution in [0.1, 0.15) is 39.3 Å². The molecule has 4 heteroatoms. The summed E-state index contributed by atoms with van der Waals surface area (Å²) >= 11 is 0. The molecular formula is C13H21N3O. The minimum atomic E-state index is 0.255.